The van der Waals surface area contributed by atoms with Crippen LogP contribution in [-0.4, -0.2) is 25.8 Å². The number of rotatable bonds is 5. The normalized spacial score (nSPS) is 12.2. The molecular weight excluding hydrogens is 256 g/mol. The molecule has 2 N–H and O–H groups in total. The van der Waals surface area contributed by atoms with Crippen molar-refractivity contribution in [1.82, 2.24) is 20.1 Å². The van der Waals surface area contributed by atoms with Crippen molar-refractivity contribution in [2.45, 2.75) is 26.0 Å². The zero-order valence-corrected chi connectivity index (χ0v) is 11.6. The Hall–Kier alpha value is -2.21. The van der Waals surface area contributed by atoms with Crippen LogP contribution in [0.2, 0.25) is 0 Å². The maximum atomic E-state index is 12.2. The molecule has 20 heavy (non-hydrogen) atoms. The molecule has 106 valence electrons. The molecule has 0 radical (unpaired) electrons. The van der Waals surface area contributed by atoms with Crippen LogP contribution in [0.25, 0.3) is 0 Å². The van der Waals surface area contributed by atoms with Crippen LogP contribution in [0.4, 0.5) is 0 Å². The molecule has 0 spiro atoms. The Bertz CT molecular complexity index is 594. The maximum Gasteiger partial charge on any atom is 0.270 e. The summed E-state index contributed by atoms with van der Waals surface area (Å²) in [7, 11) is 1.84. The minimum atomic E-state index is -0.254. The Kier molecular flexibility index (Phi) is 4.47. The lowest BCUT2D eigenvalue weighted by Crippen LogP contribution is -2.28. The monoisotopic (exact) mass is 274 g/mol. The third-order valence-electron chi connectivity index (χ3n) is 3.08. The van der Waals surface area contributed by atoms with Crippen LogP contribution in [0.1, 0.15) is 41.0 Å². The number of nitrogens with one attached hydrogen (secondary N) is 1. The smallest absolute Gasteiger partial charge is 0.270 e. The lowest BCUT2D eigenvalue weighted by Gasteiger charge is -2.15. The van der Waals surface area contributed by atoms with Crippen LogP contribution >= 0.6 is 0 Å². The molecule has 1 atom stereocenters. The first-order chi connectivity index (χ1) is 9.63. The molecule has 0 unspecified atom stereocenters. The van der Waals surface area contributed by atoms with Crippen molar-refractivity contribution in [3.8, 4) is 0 Å². The van der Waals surface area contributed by atoms with Crippen molar-refractivity contribution >= 4 is 5.91 Å². The molecule has 2 rings (SSSR count). The molecule has 6 nitrogen and oxygen atoms in total. The molecule has 6 heteroatoms. The summed E-state index contributed by atoms with van der Waals surface area (Å²) in [6.07, 6.45) is 5.90. The predicted molar refractivity (Wildman–Crippen MR) is 73.9 cm³/mol. The number of hydrogen-bond acceptors (Lipinski definition) is 4. The Balaban J connectivity index is 2.12. The van der Waals surface area contributed by atoms with E-state index in [0.29, 0.717) is 11.3 Å². The Morgan fingerprint density at radius 1 is 1.55 bits per heavy atom. The van der Waals surface area contributed by atoms with Crippen molar-refractivity contribution < 1.29 is 9.90 Å². The quantitative estimate of drug-likeness (QED) is 0.858. The standard InChI is InChI=1S/C14H18N4O2/c1-3-12(11-7-16-18(2)8-11)17-14(20)13-6-10(9-19)4-5-15-13/h4-8,12,19H,3,9H2,1-2H3,(H,17,20)/t12-/m1/s1. The van der Waals surface area contributed by atoms with E-state index in [-0.39, 0.29) is 18.6 Å². The van der Waals surface area contributed by atoms with Gasteiger partial charge in [0.15, 0.2) is 0 Å². The van der Waals surface area contributed by atoms with Gasteiger partial charge in [-0.1, -0.05) is 6.92 Å². The number of hydrogen-bond donors (Lipinski definition) is 2. The van der Waals surface area contributed by atoms with Gasteiger partial charge in [-0.3, -0.25) is 14.5 Å². The summed E-state index contributed by atoms with van der Waals surface area (Å²) in [5.74, 6) is -0.254. The minimum Gasteiger partial charge on any atom is -0.392 e. The second-order valence-corrected chi connectivity index (χ2v) is 4.59. The van der Waals surface area contributed by atoms with Gasteiger partial charge in [0.25, 0.3) is 5.91 Å². The van der Waals surface area contributed by atoms with Crippen LogP contribution < -0.4 is 5.32 Å². The zero-order valence-electron chi connectivity index (χ0n) is 11.6. The van der Waals surface area contributed by atoms with Crippen molar-refractivity contribution in [2.24, 2.45) is 7.05 Å². The summed E-state index contributed by atoms with van der Waals surface area (Å²) in [6, 6.07) is 3.16. The fraction of sp³-hybridized carbons (Fsp3) is 0.357. The molecule has 0 aliphatic rings. The Morgan fingerprint density at radius 3 is 2.95 bits per heavy atom. The van der Waals surface area contributed by atoms with Gasteiger partial charge in [0.05, 0.1) is 18.8 Å². The van der Waals surface area contributed by atoms with Gasteiger partial charge in [-0.25, -0.2) is 0 Å². The number of amides is 1. The summed E-state index contributed by atoms with van der Waals surface area (Å²) in [4.78, 5) is 16.2. The number of aliphatic hydroxyl groups is 1. The predicted octanol–water partition coefficient (Wildman–Crippen LogP) is 1.19. The first-order valence-corrected chi connectivity index (χ1v) is 6.49. The van der Waals surface area contributed by atoms with Gasteiger partial charge in [-0.15, -0.1) is 0 Å². The maximum absolute atomic E-state index is 12.2. The van der Waals surface area contributed by atoms with E-state index in [9.17, 15) is 4.79 Å². The fourth-order valence-electron chi connectivity index (χ4n) is 1.97. The van der Waals surface area contributed by atoms with Crippen LogP contribution in [0.15, 0.2) is 30.7 Å². The van der Waals surface area contributed by atoms with E-state index in [1.165, 1.54) is 6.20 Å². The van der Waals surface area contributed by atoms with E-state index < -0.39 is 0 Å². The second kappa shape index (κ2) is 6.29. The number of aliphatic hydroxyl groups excluding tert-OH is 1. The molecule has 1 amide bonds. The van der Waals surface area contributed by atoms with Crippen molar-refractivity contribution in [3.05, 3.63) is 47.5 Å². The number of carbonyl (C=O) groups excluding carboxylic acids is 1. The molecule has 0 saturated carbocycles. The molecule has 0 bridgehead atoms. The van der Waals surface area contributed by atoms with Gasteiger partial charge < -0.3 is 10.4 Å². The van der Waals surface area contributed by atoms with E-state index in [0.717, 1.165) is 12.0 Å². The molecule has 0 saturated heterocycles. The summed E-state index contributed by atoms with van der Waals surface area (Å²) >= 11 is 0. The molecule has 0 aliphatic heterocycles. The highest BCUT2D eigenvalue weighted by atomic mass is 16.3. The average Bonchev–Trinajstić information content (AvgIpc) is 2.91. The second-order valence-electron chi connectivity index (χ2n) is 4.59. The average molecular weight is 274 g/mol. The molecule has 0 aliphatic carbocycles. The molecule has 0 aromatic carbocycles. The molecule has 2 heterocycles. The molecule has 2 aromatic heterocycles. The topological polar surface area (TPSA) is 80.0 Å². The third kappa shape index (κ3) is 3.21. The zero-order chi connectivity index (χ0) is 14.5. The van der Waals surface area contributed by atoms with Gasteiger partial charge >= 0.3 is 0 Å². The number of nitrogens with zero attached hydrogens (tertiary/aromatic N) is 3. The summed E-state index contributed by atoms with van der Waals surface area (Å²) in [6.45, 7) is 1.89. The Labute approximate surface area is 117 Å². The summed E-state index contributed by atoms with van der Waals surface area (Å²) in [5.41, 5.74) is 1.93. The highest BCUT2D eigenvalue weighted by Crippen LogP contribution is 2.16. The van der Waals surface area contributed by atoms with E-state index in [2.05, 4.69) is 15.4 Å². The fourth-order valence-corrected chi connectivity index (χ4v) is 1.97. The summed E-state index contributed by atoms with van der Waals surface area (Å²) in [5, 5.41) is 16.1. The SMILES string of the molecule is CC[C@@H](NC(=O)c1cc(CO)ccn1)c1cnn(C)c1. The highest BCUT2D eigenvalue weighted by Gasteiger charge is 2.16. The van der Waals surface area contributed by atoms with Crippen LogP contribution in [-0.2, 0) is 13.7 Å². The molecule has 0 fully saturated rings. The Morgan fingerprint density at radius 2 is 2.35 bits per heavy atom. The number of carbonyl (C=O) groups is 1. The van der Waals surface area contributed by atoms with Gasteiger partial charge in [0.2, 0.25) is 0 Å². The first kappa shape index (κ1) is 14.2. The highest BCUT2D eigenvalue weighted by molar-refractivity contribution is 5.92. The van der Waals surface area contributed by atoms with Crippen molar-refractivity contribution in [2.75, 3.05) is 0 Å². The molecule has 2 aromatic rings. The van der Waals surface area contributed by atoms with Gasteiger partial charge in [0.1, 0.15) is 5.69 Å². The molecular formula is C14H18N4O2. The number of aromatic nitrogens is 3. The van der Waals surface area contributed by atoms with E-state index in [1.807, 2.05) is 20.2 Å². The minimum absolute atomic E-state index is 0.101. The van der Waals surface area contributed by atoms with Gasteiger partial charge in [-0.05, 0) is 24.1 Å². The third-order valence-corrected chi connectivity index (χ3v) is 3.08. The van der Waals surface area contributed by atoms with Crippen LogP contribution in [0.5, 0.6) is 0 Å². The lowest BCUT2D eigenvalue weighted by atomic mass is 10.1. The van der Waals surface area contributed by atoms with E-state index in [1.54, 1.807) is 23.0 Å². The van der Waals surface area contributed by atoms with Crippen LogP contribution in [0, 0.1) is 0 Å². The summed E-state index contributed by atoms with van der Waals surface area (Å²) < 4.78 is 1.70. The van der Waals surface area contributed by atoms with E-state index in [4.69, 9.17) is 5.11 Å². The first-order valence-electron chi connectivity index (χ1n) is 6.49. The number of aryl methyl sites for hydroxylation is 1. The van der Waals surface area contributed by atoms with Gasteiger partial charge in [0, 0.05) is 25.0 Å². The number of pyridine rings is 1. The van der Waals surface area contributed by atoms with Crippen molar-refractivity contribution in [1.29, 1.82) is 0 Å². The van der Waals surface area contributed by atoms with Gasteiger partial charge in [-0.2, -0.15) is 5.10 Å². The van der Waals surface area contributed by atoms with Crippen LogP contribution in [0.3, 0.4) is 0 Å². The largest absolute Gasteiger partial charge is 0.392 e. The van der Waals surface area contributed by atoms with E-state index >= 15 is 0 Å². The van der Waals surface area contributed by atoms with Crippen molar-refractivity contribution in [3.63, 3.8) is 0 Å². The lowest BCUT2D eigenvalue weighted by molar-refractivity contribution is 0.0930.